The Hall–Kier alpha value is -1.20. The molecule has 23 heavy (non-hydrogen) atoms. The van der Waals surface area contributed by atoms with Crippen LogP contribution in [0.1, 0.15) is 55.4 Å². The fraction of sp³-hybridized carbons (Fsp3) is 0.556. The van der Waals surface area contributed by atoms with E-state index in [4.69, 9.17) is 0 Å². The third-order valence-electron chi connectivity index (χ3n) is 4.21. The quantitative estimate of drug-likeness (QED) is 0.762. The number of aryl methyl sites for hydroxylation is 1. The first-order chi connectivity index (χ1) is 10.8. The van der Waals surface area contributed by atoms with Crippen LogP contribution in [0.25, 0.3) is 9.88 Å². The molecule has 3 rings (SSSR count). The van der Waals surface area contributed by atoms with Crippen molar-refractivity contribution in [1.82, 2.24) is 9.88 Å². The number of hydrogen-bond donors (Lipinski definition) is 0. The van der Waals surface area contributed by atoms with Gasteiger partial charge in [0.25, 0.3) is 5.91 Å². The van der Waals surface area contributed by atoms with Crippen LogP contribution in [-0.2, 0) is 0 Å². The molecule has 1 amide bonds. The summed E-state index contributed by atoms with van der Waals surface area (Å²) in [6.45, 7) is 9.59. The molecule has 0 aliphatic carbocycles. The number of likely N-dealkylation sites (tertiary alicyclic amines) is 1. The van der Waals surface area contributed by atoms with Gasteiger partial charge in [-0.2, -0.15) is 0 Å². The minimum atomic E-state index is 0.176. The number of aromatic nitrogens is 1. The van der Waals surface area contributed by atoms with E-state index in [1.165, 1.54) is 0 Å². The lowest BCUT2D eigenvalue weighted by Gasteiger charge is -2.30. The highest BCUT2D eigenvalue weighted by molar-refractivity contribution is 7.22. The van der Waals surface area contributed by atoms with Crippen LogP contribution in [0.15, 0.2) is 17.5 Å². The summed E-state index contributed by atoms with van der Waals surface area (Å²) >= 11 is 3.21. The van der Waals surface area contributed by atoms with Gasteiger partial charge in [-0.05, 0) is 43.0 Å². The first-order valence-corrected chi connectivity index (χ1v) is 9.87. The van der Waals surface area contributed by atoms with Crippen LogP contribution in [0.2, 0.25) is 0 Å². The van der Waals surface area contributed by atoms with E-state index in [0.29, 0.717) is 6.04 Å². The SMILES string of the molecule is Cc1nc(-c2cccs2)sc1C(=O)N1CCCC1CC(C)(C)C. The van der Waals surface area contributed by atoms with Gasteiger partial charge in [0.2, 0.25) is 0 Å². The Bertz CT molecular complexity index is 682. The molecule has 1 aliphatic heterocycles. The Labute approximate surface area is 146 Å². The molecule has 3 heterocycles. The fourth-order valence-electron chi connectivity index (χ4n) is 3.25. The monoisotopic (exact) mass is 348 g/mol. The Kier molecular flexibility index (Phi) is 4.61. The summed E-state index contributed by atoms with van der Waals surface area (Å²) in [6, 6.07) is 4.46. The van der Waals surface area contributed by atoms with Crippen LogP contribution in [-0.4, -0.2) is 28.4 Å². The van der Waals surface area contributed by atoms with Gasteiger partial charge in [0.1, 0.15) is 9.88 Å². The summed E-state index contributed by atoms with van der Waals surface area (Å²) in [7, 11) is 0. The highest BCUT2D eigenvalue weighted by Crippen LogP contribution is 2.35. The molecule has 1 fully saturated rings. The van der Waals surface area contributed by atoms with Crippen LogP contribution in [0.5, 0.6) is 0 Å². The molecule has 1 saturated heterocycles. The second-order valence-electron chi connectivity index (χ2n) is 7.47. The molecule has 124 valence electrons. The van der Waals surface area contributed by atoms with E-state index in [0.717, 1.165) is 46.3 Å². The summed E-state index contributed by atoms with van der Waals surface area (Å²) < 4.78 is 0. The van der Waals surface area contributed by atoms with Gasteiger partial charge in [-0.25, -0.2) is 4.98 Å². The van der Waals surface area contributed by atoms with Gasteiger partial charge in [0.15, 0.2) is 0 Å². The molecule has 0 N–H and O–H groups in total. The van der Waals surface area contributed by atoms with Crippen molar-refractivity contribution in [2.45, 2.75) is 53.0 Å². The summed E-state index contributed by atoms with van der Waals surface area (Å²) in [5.74, 6) is 0.176. The number of rotatable bonds is 3. The van der Waals surface area contributed by atoms with Crippen molar-refractivity contribution < 1.29 is 4.79 Å². The minimum Gasteiger partial charge on any atom is -0.335 e. The average molecular weight is 349 g/mol. The largest absolute Gasteiger partial charge is 0.335 e. The number of amides is 1. The lowest BCUT2D eigenvalue weighted by molar-refractivity contribution is 0.0708. The molecule has 0 aromatic carbocycles. The van der Waals surface area contributed by atoms with Crippen molar-refractivity contribution in [2.75, 3.05) is 6.54 Å². The first kappa shape index (κ1) is 16.7. The van der Waals surface area contributed by atoms with E-state index in [9.17, 15) is 4.79 Å². The molecule has 2 aromatic heterocycles. The summed E-state index contributed by atoms with van der Waals surface area (Å²) in [5, 5.41) is 3.01. The maximum atomic E-state index is 13.0. The van der Waals surface area contributed by atoms with Crippen molar-refractivity contribution in [3.8, 4) is 9.88 Å². The topological polar surface area (TPSA) is 33.2 Å². The van der Waals surface area contributed by atoms with Crippen LogP contribution in [0.3, 0.4) is 0 Å². The van der Waals surface area contributed by atoms with Crippen molar-refractivity contribution in [2.24, 2.45) is 5.41 Å². The molecule has 0 radical (unpaired) electrons. The van der Waals surface area contributed by atoms with E-state index in [-0.39, 0.29) is 11.3 Å². The van der Waals surface area contributed by atoms with Gasteiger partial charge in [0, 0.05) is 12.6 Å². The van der Waals surface area contributed by atoms with Crippen molar-refractivity contribution in [3.63, 3.8) is 0 Å². The molecule has 5 heteroatoms. The number of hydrogen-bond acceptors (Lipinski definition) is 4. The van der Waals surface area contributed by atoms with E-state index in [2.05, 4.69) is 36.7 Å². The predicted octanol–water partition coefficient (Wildman–Crippen LogP) is 5.22. The molecule has 2 aromatic rings. The van der Waals surface area contributed by atoms with E-state index in [1.54, 1.807) is 22.7 Å². The molecule has 1 aliphatic rings. The van der Waals surface area contributed by atoms with Gasteiger partial charge >= 0.3 is 0 Å². The standard InChI is InChI=1S/C18H24N2OS2/c1-12-15(23-16(19-12)14-8-6-10-22-14)17(21)20-9-5-7-13(20)11-18(2,3)4/h6,8,10,13H,5,7,9,11H2,1-4H3. The smallest absolute Gasteiger partial charge is 0.266 e. The van der Waals surface area contributed by atoms with Gasteiger partial charge in [-0.15, -0.1) is 22.7 Å². The van der Waals surface area contributed by atoms with Gasteiger partial charge in [-0.1, -0.05) is 26.8 Å². The molecular weight excluding hydrogens is 324 g/mol. The normalized spacial score (nSPS) is 18.6. The number of nitrogens with zero attached hydrogens (tertiary/aromatic N) is 2. The van der Waals surface area contributed by atoms with Crippen LogP contribution in [0.4, 0.5) is 0 Å². The Morgan fingerprint density at radius 2 is 2.22 bits per heavy atom. The average Bonchev–Trinajstić information content (AvgIpc) is 3.15. The van der Waals surface area contributed by atoms with Gasteiger partial charge in [0.05, 0.1) is 10.6 Å². The predicted molar refractivity (Wildman–Crippen MR) is 98.3 cm³/mol. The molecular formula is C18H24N2OS2. The molecule has 1 atom stereocenters. The highest BCUT2D eigenvalue weighted by atomic mass is 32.1. The molecule has 0 saturated carbocycles. The van der Waals surface area contributed by atoms with E-state index in [1.807, 2.05) is 18.4 Å². The van der Waals surface area contributed by atoms with Crippen molar-refractivity contribution in [3.05, 3.63) is 28.1 Å². The zero-order valence-corrected chi connectivity index (χ0v) is 15.9. The summed E-state index contributed by atoms with van der Waals surface area (Å²) in [6.07, 6.45) is 3.30. The number of thiazole rings is 1. The van der Waals surface area contributed by atoms with Crippen LogP contribution < -0.4 is 0 Å². The van der Waals surface area contributed by atoms with E-state index < -0.39 is 0 Å². The Morgan fingerprint density at radius 3 is 2.87 bits per heavy atom. The van der Waals surface area contributed by atoms with Gasteiger partial charge < -0.3 is 4.90 Å². The van der Waals surface area contributed by atoms with E-state index >= 15 is 0 Å². The van der Waals surface area contributed by atoms with Crippen molar-refractivity contribution in [1.29, 1.82) is 0 Å². The second-order valence-corrected chi connectivity index (χ2v) is 9.42. The molecule has 0 spiro atoms. The summed E-state index contributed by atoms with van der Waals surface area (Å²) in [4.78, 5) is 21.7. The highest BCUT2D eigenvalue weighted by Gasteiger charge is 2.33. The number of thiophene rings is 1. The third kappa shape index (κ3) is 3.66. The van der Waals surface area contributed by atoms with Crippen LogP contribution in [0, 0.1) is 12.3 Å². The summed E-state index contributed by atoms with van der Waals surface area (Å²) in [5.41, 5.74) is 1.11. The lowest BCUT2D eigenvalue weighted by atomic mass is 9.87. The maximum Gasteiger partial charge on any atom is 0.266 e. The number of carbonyl (C=O) groups excluding carboxylic acids is 1. The van der Waals surface area contributed by atoms with Crippen LogP contribution >= 0.6 is 22.7 Å². The second kappa shape index (κ2) is 6.36. The minimum absolute atomic E-state index is 0.176. The molecule has 1 unspecified atom stereocenters. The third-order valence-corrected chi connectivity index (χ3v) is 6.39. The zero-order chi connectivity index (χ0) is 16.6. The zero-order valence-electron chi connectivity index (χ0n) is 14.3. The fourth-order valence-corrected chi connectivity index (χ4v) is 5.07. The van der Waals surface area contributed by atoms with Gasteiger partial charge in [-0.3, -0.25) is 4.79 Å². The lowest BCUT2D eigenvalue weighted by Crippen LogP contribution is -2.37. The first-order valence-electron chi connectivity index (χ1n) is 8.17. The van der Waals surface area contributed by atoms with Crippen molar-refractivity contribution >= 4 is 28.6 Å². The molecule has 3 nitrogen and oxygen atoms in total. The Morgan fingerprint density at radius 1 is 1.43 bits per heavy atom. The molecule has 0 bridgehead atoms. The Balaban J connectivity index is 1.82. The maximum absolute atomic E-state index is 13.0. The number of carbonyl (C=O) groups is 1.